The summed E-state index contributed by atoms with van der Waals surface area (Å²) in [5.41, 5.74) is -0.784. The van der Waals surface area contributed by atoms with Gasteiger partial charge in [-0.05, 0) is 32.6 Å². The molecular formula is C14H24N2O4. The van der Waals surface area contributed by atoms with Gasteiger partial charge in [0.25, 0.3) is 0 Å². The number of carboxylic acid groups (broad SMARTS) is 1. The van der Waals surface area contributed by atoms with Crippen LogP contribution in [0.5, 0.6) is 0 Å². The van der Waals surface area contributed by atoms with Gasteiger partial charge in [0.15, 0.2) is 0 Å². The van der Waals surface area contributed by atoms with Crippen molar-refractivity contribution < 1.29 is 19.4 Å². The van der Waals surface area contributed by atoms with E-state index in [-0.39, 0.29) is 18.2 Å². The van der Waals surface area contributed by atoms with Crippen molar-refractivity contribution in [3.63, 3.8) is 0 Å². The molecule has 2 aliphatic rings. The summed E-state index contributed by atoms with van der Waals surface area (Å²) >= 11 is 0. The quantitative estimate of drug-likeness (QED) is 0.822. The van der Waals surface area contributed by atoms with E-state index in [2.05, 4.69) is 5.32 Å². The molecule has 0 aromatic carbocycles. The molecule has 2 fully saturated rings. The van der Waals surface area contributed by atoms with E-state index in [1.807, 2.05) is 13.8 Å². The lowest BCUT2D eigenvalue weighted by molar-refractivity contribution is -0.152. The fourth-order valence-electron chi connectivity index (χ4n) is 3.09. The third-order valence-corrected chi connectivity index (χ3v) is 4.68. The van der Waals surface area contributed by atoms with Gasteiger partial charge in [-0.3, -0.25) is 4.79 Å². The average Bonchev–Trinajstić information content (AvgIpc) is 2.84. The first kappa shape index (κ1) is 15.1. The number of hydrogen-bond donors (Lipinski definition) is 2. The van der Waals surface area contributed by atoms with E-state index < -0.39 is 11.4 Å². The number of nitrogens with one attached hydrogen (secondary N) is 1. The van der Waals surface area contributed by atoms with Crippen LogP contribution >= 0.6 is 0 Å². The minimum Gasteiger partial charge on any atom is -0.481 e. The molecule has 6 nitrogen and oxygen atoms in total. The Labute approximate surface area is 119 Å². The lowest BCUT2D eigenvalue weighted by Gasteiger charge is -2.39. The molecule has 2 aliphatic heterocycles. The monoisotopic (exact) mass is 284 g/mol. The van der Waals surface area contributed by atoms with E-state index in [1.54, 1.807) is 4.90 Å². The SMILES string of the molecule is CCC1(C(=O)O)CCCN(C(=O)NC2CCOC2C)C1. The van der Waals surface area contributed by atoms with Gasteiger partial charge in [0.1, 0.15) is 0 Å². The maximum absolute atomic E-state index is 12.3. The molecule has 0 aliphatic carbocycles. The highest BCUT2D eigenvalue weighted by molar-refractivity contribution is 5.79. The van der Waals surface area contributed by atoms with Crippen LogP contribution in [0.15, 0.2) is 0 Å². The van der Waals surface area contributed by atoms with Gasteiger partial charge in [-0.1, -0.05) is 6.92 Å². The van der Waals surface area contributed by atoms with E-state index in [4.69, 9.17) is 4.74 Å². The van der Waals surface area contributed by atoms with Crippen LogP contribution < -0.4 is 5.32 Å². The molecule has 6 heteroatoms. The molecule has 0 aromatic heterocycles. The first-order valence-electron chi connectivity index (χ1n) is 7.39. The predicted molar refractivity (Wildman–Crippen MR) is 73.5 cm³/mol. The van der Waals surface area contributed by atoms with Crippen molar-refractivity contribution in [1.82, 2.24) is 10.2 Å². The maximum atomic E-state index is 12.3. The molecule has 3 unspecified atom stereocenters. The van der Waals surface area contributed by atoms with Crippen molar-refractivity contribution in [2.75, 3.05) is 19.7 Å². The molecule has 0 spiro atoms. The van der Waals surface area contributed by atoms with Crippen LogP contribution in [0.2, 0.25) is 0 Å². The minimum atomic E-state index is -0.796. The van der Waals surface area contributed by atoms with Crippen LogP contribution in [0.1, 0.15) is 39.5 Å². The first-order chi connectivity index (χ1) is 9.48. The molecule has 3 atom stereocenters. The van der Waals surface area contributed by atoms with Crippen molar-refractivity contribution in [3.05, 3.63) is 0 Å². The predicted octanol–water partition coefficient (Wildman–Crippen LogP) is 1.45. The van der Waals surface area contributed by atoms with Crippen molar-refractivity contribution in [2.45, 2.75) is 51.7 Å². The molecular weight excluding hydrogens is 260 g/mol. The number of piperidine rings is 1. The second-order valence-corrected chi connectivity index (χ2v) is 5.88. The lowest BCUT2D eigenvalue weighted by Crippen LogP contribution is -2.54. The van der Waals surface area contributed by atoms with Crippen LogP contribution in [0, 0.1) is 5.41 Å². The van der Waals surface area contributed by atoms with Gasteiger partial charge in [-0.15, -0.1) is 0 Å². The molecule has 20 heavy (non-hydrogen) atoms. The normalized spacial score (nSPS) is 34.0. The van der Waals surface area contributed by atoms with E-state index in [1.165, 1.54) is 0 Å². The Morgan fingerprint density at radius 3 is 2.80 bits per heavy atom. The van der Waals surface area contributed by atoms with Crippen molar-refractivity contribution in [2.24, 2.45) is 5.41 Å². The molecule has 0 saturated carbocycles. The van der Waals surface area contributed by atoms with Gasteiger partial charge in [0.2, 0.25) is 0 Å². The fourth-order valence-corrected chi connectivity index (χ4v) is 3.09. The molecule has 2 heterocycles. The van der Waals surface area contributed by atoms with E-state index in [0.29, 0.717) is 32.5 Å². The number of carbonyl (C=O) groups is 2. The average molecular weight is 284 g/mol. The number of nitrogens with zero attached hydrogens (tertiary/aromatic N) is 1. The molecule has 2 N–H and O–H groups in total. The van der Waals surface area contributed by atoms with Crippen LogP contribution in [0.4, 0.5) is 4.79 Å². The Balaban J connectivity index is 1.97. The maximum Gasteiger partial charge on any atom is 0.317 e. The highest BCUT2D eigenvalue weighted by Crippen LogP contribution is 2.33. The Kier molecular flexibility index (Phi) is 4.52. The molecule has 0 bridgehead atoms. The molecule has 114 valence electrons. The Hall–Kier alpha value is -1.30. The summed E-state index contributed by atoms with van der Waals surface area (Å²) in [7, 11) is 0. The van der Waals surface area contributed by atoms with Gasteiger partial charge in [-0.2, -0.15) is 0 Å². The number of likely N-dealkylation sites (tertiary alicyclic amines) is 1. The summed E-state index contributed by atoms with van der Waals surface area (Å²) < 4.78 is 5.43. The summed E-state index contributed by atoms with van der Waals surface area (Å²) in [5.74, 6) is -0.796. The number of carbonyl (C=O) groups excluding carboxylic acids is 1. The Bertz CT molecular complexity index is 387. The zero-order chi connectivity index (χ0) is 14.8. The van der Waals surface area contributed by atoms with Crippen LogP contribution in [0.3, 0.4) is 0 Å². The number of ether oxygens (including phenoxy) is 1. The third-order valence-electron chi connectivity index (χ3n) is 4.68. The zero-order valence-electron chi connectivity index (χ0n) is 12.2. The van der Waals surface area contributed by atoms with Gasteiger partial charge in [0, 0.05) is 19.7 Å². The zero-order valence-corrected chi connectivity index (χ0v) is 12.2. The molecule has 2 rings (SSSR count). The number of urea groups is 1. The number of amides is 2. The van der Waals surface area contributed by atoms with Crippen LogP contribution in [-0.4, -0.2) is 53.8 Å². The highest BCUT2D eigenvalue weighted by atomic mass is 16.5. The summed E-state index contributed by atoms with van der Waals surface area (Å²) in [6.45, 7) is 5.42. The van der Waals surface area contributed by atoms with Gasteiger partial charge in [-0.25, -0.2) is 4.79 Å². The van der Waals surface area contributed by atoms with Gasteiger partial charge < -0.3 is 20.1 Å². The number of carboxylic acids is 1. The first-order valence-corrected chi connectivity index (χ1v) is 7.39. The second-order valence-electron chi connectivity index (χ2n) is 5.88. The molecule has 2 saturated heterocycles. The number of rotatable bonds is 3. The van der Waals surface area contributed by atoms with E-state index in [0.717, 1.165) is 12.8 Å². The number of aliphatic carboxylic acids is 1. The largest absolute Gasteiger partial charge is 0.481 e. The van der Waals surface area contributed by atoms with E-state index >= 15 is 0 Å². The summed E-state index contributed by atoms with van der Waals surface area (Å²) in [6.07, 6.45) is 2.78. The summed E-state index contributed by atoms with van der Waals surface area (Å²) in [4.78, 5) is 25.4. The Morgan fingerprint density at radius 1 is 1.50 bits per heavy atom. The van der Waals surface area contributed by atoms with Gasteiger partial charge in [0.05, 0.1) is 17.6 Å². The van der Waals surface area contributed by atoms with Crippen LogP contribution in [0.25, 0.3) is 0 Å². The van der Waals surface area contributed by atoms with Crippen molar-refractivity contribution >= 4 is 12.0 Å². The molecule has 0 radical (unpaired) electrons. The molecule has 0 aromatic rings. The summed E-state index contributed by atoms with van der Waals surface area (Å²) in [6, 6.07) is -0.128. The third kappa shape index (κ3) is 2.90. The van der Waals surface area contributed by atoms with Crippen LogP contribution in [-0.2, 0) is 9.53 Å². The smallest absolute Gasteiger partial charge is 0.317 e. The molecule has 2 amide bonds. The van der Waals surface area contributed by atoms with Gasteiger partial charge >= 0.3 is 12.0 Å². The highest BCUT2D eigenvalue weighted by Gasteiger charge is 2.42. The topological polar surface area (TPSA) is 78.9 Å². The second kappa shape index (κ2) is 5.99. The standard InChI is InChI=1S/C14H24N2O4/c1-3-14(12(17)18)6-4-7-16(9-14)13(19)15-11-5-8-20-10(11)2/h10-11H,3-9H2,1-2H3,(H,15,19)(H,17,18). The lowest BCUT2D eigenvalue weighted by atomic mass is 9.78. The van der Waals surface area contributed by atoms with Crippen molar-refractivity contribution in [1.29, 1.82) is 0 Å². The summed E-state index contributed by atoms with van der Waals surface area (Å²) in [5, 5.41) is 12.4. The fraction of sp³-hybridized carbons (Fsp3) is 0.857. The van der Waals surface area contributed by atoms with E-state index in [9.17, 15) is 14.7 Å². The van der Waals surface area contributed by atoms with Crippen molar-refractivity contribution in [3.8, 4) is 0 Å². The Morgan fingerprint density at radius 2 is 2.25 bits per heavy atom. The number of hydrogen-bond acceptors (Lipinski definition) is 3. The minimum absolute atomic E-state index is 0.0270.